The highest BCUT2D eigenvalue weighted by atomic mass is 16.5. The first-order valence-corrected chi connectivity index (χ1v) is 8.72. The lowest BCUT2D eigenvalue weighted by Gasteiger charge is -2.45. The highest BCUT2D eigenvalue weighted by Crippen LogP contribution is 2.48. The van der Waals surface area contributed by atoms with Crippen molar-refractivity contribution in [3.8, 4) is 0 Å². The van der Waals surface area contributed by atoms with Crippen LogP contribution in [0.4, 0.5) is 5.69 Å². The van der Waals surface area contributed by atoms with E-state index in [4.69, 9.17) is 4.74 Å². The Labute approximate surface area is 148 Å². The molecule has 0 spiro atoms. The molecule has 25 heavy (non-hydrogen) atoms. The van der Waals surface area contributed by atoms with Crippen molar-refractivity contribution >= 4 is 17.5 Å². The molecule has 0 unspecified atom stereocenters. The van der Waals surface area contributed by atoms with E-state index < -0.39 is 0 Å². The number of carbonyl (C=O) groups is 2. The molecule has 5 nitrogen and oxygen atoms in total. The predicted molar refractivity (Wildman–Crippen MR) is 97.4 cm³/mol. The van der Waals surface area contributed by atoms with Gasteiger partial charge in [-0.25, -0.2) is 0 Å². The summed E-state index contributed by atoms with van der Waals surface area (Å²) in [7, 11) is 0. The molecule has 1 aromatic carbocycles. The van der Waals surface area contributed by atoms with Gasteiger partial charge in [-0.15, -0.1) is 0 Å². The van der Waals surface area contributed by atoms with Crippen LogP contribution >= 0.6 is 0 Å². The van der Waals surface area contributed by atoms with Crippen molar-refractivity contribution in [1.29, 1.82) is 0 Å². The summed E-state index contributed by atoms with van der Waals surface area (Å²) in [6.45, 7) is 5.55. The highest BCUT2D eigenvalue weighted by Gasteiger charge is 2.40. The molecule has 1 aliphatic carbocycles. The van der Waals surface area contributed by atoms with Crippen LogP contribution in [0.1, 0.15) is 36.0 Å². The summed E-state index contributed by atoms with van der Waals surface area (Å²) in [6, 6.07) is 6.87. The number of carbonyl (C=O) groups excluding carboxylic acids is 2. The van der Waals surface area contributed by atoms with E-state index in [2.05, 4.69) is 23.3 Å². The lowest BCUT2D eigenvalue weighted by atomic mass is 9.63. The Morgan fingerprint density at radius 3 is 2.56 bits per heavy atom. The summed E-state index contributed by atoms with van der Waals surface area (Å²) < 4.78 is 5.41. The molecule has 0 atom stereocenters. The molecule has 0 saturated heterocycles. The van der Waals surface area contributed by atoms with Gasteiger partial charge in [0.05, 0.1) is 13.2 Å². The molecule has 1 aliphatic heterocycles. The van der Waals surface area contributed by atoms with E-state index in [9.17, 15) is 9.59 Å². The van der Waals surface area contributed by atoms with Crippen molar-refractivity contribution in [3.05, 3.63) is 54.1 Å². The highest BCUT2D eigenvalue weighted by molar-refractivity contribution is 5.99. The zero-order valence-corrected chi connectivity index (χ0v) is 14.3. The van der Waals surface area contributed by atoms with Crippen molar-refractivity contribution in [1.82, 2.24) is 5.32 Å². The first kappa shape index (κ1) is 17.4. The minimum Gasteiger partial charge on any atom is -0.377 e. The van der Waals surface area contributed by atoms with Gasteiger partial charge in [-0.1, -0.05) is 24.6 Å². The second kappa shape index (κ2) is 7.66. The van der Waals surface area contributed by atoms with Gasteiger partial charge < -0.3 is 15.4 Å². The molecule has 132 valence electrons. The average molecular weight is 340 g/mol. The molecule has 0 bridgehead atoms. The van der Waals surface area contributed by atoms with Gasteiger partial charge in [-0.2, -0.15) is 0 Å². The van der Waals surface area contributed by atoms with E-state index in [1.54, 1.807) is 24.3 Å². The van der Waals surface area contributed by atoms with E-state index >= 15 is 0 Å². The quantitative estimate of drug-likeness (QED) is 0.618. The van der Waals surface area contributed by atoms with Crippen molar-refractivity contribution in [2.24, 2.45) is 5.41 Å². The monoisotopic (exact) mass is 340 g/mol. The van der Waals surface area contributed by atoms with E-state index in [1.165, 1.54) is 18.1 Å². The number of hydrogen-bond donors (Lipinski definition) is 2. The number of ether oxygens (including phenoxy) is 1. The standard InChI is InChI=1S/C20H24N2O3/c1-2-18(23)22-17-6-4-15(5-7-17)19(24)21-14-20(10-3-11-20)16-8-12-25-13-9-16/h2,4-8H,1,3,9-14H2,(H,21,24)(H,22,23). The van der Waals surface area contributed by atoms with Crippen LogP contribution in [0.15, 0.2) is 48.6 Å². The van der Waals surface area contributed by atoms with Crippen LogP contribution in [0.5, 0.6) is 0 Å². The third-order valence-electron chi connectivity index (χ3n) is 5.14. The Morgan fingerprint density at radius 1 is 1.24 bits per heavy atom. The lowest BCUT2D eigenvalue weighted by molar-refractivity contribution is -0.111. The van der Waals surface area contributed by atoms with Crippen LogP contribution in [0.25, 0.3) is 0 Å². The summed E-state index contributed by atoms with van der Waals surface area (Å²) in [5.41, 5.74) is 2.79. The molecular weight excluding hydrogens is 316 g/mol. The zero-order chi connectivity index (χ0) is 17.7. The summed E-state index contributed by atoms with van der Waals surface area (Å²) in [5, 5.41) is 5.75. The number of benzene rings is 1. The molecule has 2 aliphatic rings. The zero-order valence-electron chi connectivity index (χ0n) is 14.3. The van der Waals surface area contributed by atoms with Crippen molar-refractivity contribution in [2.45, 2.75) is 25.7 Å². The fourth-order valence-corrected chi connectivity index (χ4v) is 3.47. The third kappa shape index (κ3) is 3.99. The molecule has 5 heteroatoms. The Hall–Kier alpha value is -2.40. The van der Waals surface area contributed by atoms with Gasteiger partial charge in [0, 0.05) is 23.2 Å². The topological polar surface area (TPSA) is 67.4 Å². The summed E-state index contributed by atoms with van der Waals surface area (Å²) in [4.78, 5) is 23.7. The minimum absolute atomic E-state index is 0.0828. The van der Waals surface area contributed by atoms with Gasteiger partial charge in [0.25, 0.3) is 5.91 Å². The maximum absolute atomic E-state index is 12.4. The maximum atomic E-state index is 12.4. The minimum atomic E-state index is -0.270. The SMILES string of the molecule is C=CC(=O)Nc1ccc(C(=O)NCC2(C3=CCOCC3)CCC2)cc1. The average Bonchev–Trinajstić information content (AvgIpc) is 2.62. The van der Waals surface area contributed by atoms with Gasteiger partial charge in [0.1, 0.15) is 0 Å². The first-order chi connectivity index (χ1) is 12.1. The maximum Gasteiger partial charge on any atom is 0.251 e. The third-order valence-corrected chi connectivity index (χ3v) is 5.14. The molecule has 2 N–H and O–H groups in total. The van der Waals surface area contributed by atoms with Crippen molar-refractivity contribution < 1.29 is 14.3 Å². The molecule has 1 heterocycles. The van der Waals surface area contributed by atoms with E-state index in [0.717, 1.165) is 25.9 Å². The Balaban J connectivity index is 1.59. The van der Waals surface area contributed by atoms with Gasteiger partial charge >= 0.3 is 0 Å². The van der Waals surface area contributed by atoms with Crippen LogP contribution in [0, 0.1) is 5.41 Å². The number of hydrogen-bond acceptors (Lipinski definition) is 3. The van der Waals surface area contributed by atoms with Gasteiger partial charge in [0.2, 0.25) is 5.91 Å². The number of anilines is 1. The molecule has 1 fully saturated rings. The summed E-state index contributed by atoms with van der Waals surface area (Å²) in [5.74, 6) is -0.352. The normalized spacial score (nSPS) is 18.5. The number of amides is 2. The second-order valence-electron chi connectivity index (χ2n) is 6.64. The van der Waals surface area contributed by atoms with Crippen LogP contribution in [0.2, 0.25) is 0 Å². The Bertz CT molecular complexity index is 687. The number of rotatable bonds is 6. The van der Waals surface area contributed by atoms with Gasteiger partial charge in [-0.3, -0.25) is 9.59 Å². The molecule has 1 saturated carbocycles. The van der Waals surface area contributed by atoms with E-state index in [1.807, 2.05) is 0 Å². The molecule has 3 rings (SSSR count). The Morgan fingerprint density at radius 2 is 2.00 bits per heavy atom. The predicted octanol–water partition coefficient (Wildman–Crippen LogP) is 3.06. The first-order valence-electron chi connectivity index (χ1n) is 8.72. The van der Waals surface area contributed by atoms with E-state index in [0.29, 0.717) is 24.4 Å². The van der Waals surface area contributed by atoms with Crippen molar-refractivity contribution in [3.63, 3.8) is 0 Å². The number of nitrogens with one attached hydrogen (secondary N) is 2. The molecule has 0 aromatic heterocycles. The van der Waals surface area contributed by atoms with Gasteiger partial charge in [-0.05, 0) is 49.6 Å². The van der Waals surface area contributed by atoms with Crippen molar-refractivity contribution in [2.75, 3.05) is 25.1 Å². The summed E-state index contributed by atoms with van der Waals surface area (Å²) in [6.07, 6.45) is 7.84. The van der Waals surface area contributed by atoms with Crippen LogP contribution in [-0.4, -0.2) is 31.6 Å². The lowest BCUT2D eigenvalue weighted by Crippen LogP contribution is -2.44. The fraction of sp³-hybridized carbons (Fsp3) is 0.400. The summed E-state index contributed by atoms with van der Waals surface area (Å²) >= 11 is 0. The molecule has 1 aromatic rings. The van der Waals surface area contributed by atoms with Crippen LogP contribution in [-0.2, 0) is 9.53 Å². The smallest absolute Gasteiger partial charge is 0.251 e. The molecule has 2 amide bonds. The largest absolute Gasteiger partial charge is 0.377 e. The fourth-order valence-electron chi connectivity index (χ4n) is 3.47. The molecule has 0 radical (unpaired) electrons. The van der Waals surface area contributed by atoms with E-state index in [-0.39, 0.29) is 17.2 Å². The molecular formula is C20H24N2O3. The van der Waals surface area contributed by atoms with Crippen LogP contribution in [0.3, 0.4) is 0 Å². The second-order valence-corrected chi connectivity index (χ2v) is 6.64. The van der Waals surface area contributed by atoms with Crippen LogP contribution < -0.4 is 10.6 Å². The Kier molecular flexibility index (Phi) is 5.34. The van der Waals surface area contributed by atoms with Gasteiger partial charge in [0.15, 0.2) is 0 Å².